The largest absolute Gasteiger partial charge is 0.329 e. The average Bonchev–Trinajstić information content (AvgIpc) is 2.57. The molecule has 24 heavy (non-hydrogen) atoms. The Morgan fingerprint density at radius 2 is 1.83 bits per heavy atom. The van der Waals surface area contributed by atoms with E-state index in [1.54, 1.807) is 18.2 Å². The van der Waals surface area contributed by atoms with Gasteiger partial charge in [0.25, 0.3) is 0 Å². The standard InChI is InChI=1S/C17H18FN3OS2/c1-12-6-2-3-7-13(12)10-24-11-16(22)20-21-17(23)19-15-9-5-4-8-14(15)18/h2-9H,10-11H2,1H3,(H,20,22)(H2,19,21,23). The lowest BCUT2D eigenvalue weighted by Gasteiger charge is -2.12. The lowest BCUT2D eigenvalue weighted by molar-refractivity contribution is -0.119. The first-order valence-corrected chi connectivity index (χ1v) is 8.85. The van der Waals surface area contributed by atoms with E-state index in [1.165, 1.54) is 29.0 Å². The number of rotatable bonds is 5. The molecule has 0 saturated heterocycles. The maximum atomic E-state index is 13.5. The topological polar surface area (TPSA) is 53.2 Å². The minimum absolute atomic E-state index is 0.123. The molecule has 3 N–H and O–H groups in total. The van der Waals surface area contributed by atoms with E-state index in [4.69, 9.17) is 12.2 Å². The summed E-state index contributed by atoms with van der Waals surface area (Å²) in [6, 6.07) is 14.2. The summed E-state index contributed by atoms with van der Waals surface area (Å²) in [5, 5.41) is 2.80. The number of carbonyl (C=O) groups excluding carboxylic acids is 1. The van der Waals surface area contributed by atoms with Crippen LogP contribution in [0.4, 0.5) is 10.1 Å². The summed E-state index contributed by atoms with van der Waals surface area (Å²) in [7, 11) is 0. The quantitative estimate of drug-likeness (QED) is 0.562. The Morgan fingerprint density at radius 3 is 2.58 bits per heavy atom. The second-order valence-electron chi connectivity index (χ2n) is 5.03. The number of anilines is 1. The van der Waals surface area contributed by atoms with Crippen LogP contribution in [-0.4, -0.2) is 16.8 Å². The van der Waals surface area contributed by atoms with Gasteiger partial charge in [-0.25, -0.2) is 4.39 Å². The zero-order valence-corrected chi connectivity index (χ0v) is 14.8. The first-order valence-electron chi connectivity index (χ1n) is 7.29. The van der Waals surface area contributed by atoms with Crippen LogP contribution < -0.4 is 16.2 Å². The molecule has 0 aromatic heterocycles. The summed E-state index contributed by atoms with van der Waals surface area (Å²) < 4.78 is 13.5. The Kier molecular flexibility index (Phi) is 7.02. The fourth-order valence-corrected chi connectivity index (χ4v) is 2.97. The number of benzene rings is 2. The highest BCUT2D eigenvalue weighted by Gasteiger charge is 2.06. The van der Waals surface area contributed by atoms with Crippen molar-refractivity contribution < 1.29 is 9.18 Å². The lowest BCUT2D eigenvalue weighted by atomic mass is 10.1. The number of thioether (sulfide) groups is 1. The number of aryl methyl sites for hydroxylation is 1. The van der Waals surface area contributed by atoms with Crippen molar-refractivity contribution in [2.24, 2.45) is 0 Å². The van der Waals surface area contributed by atoms with Crippen LogP contribution in [0.2, 0.25) is 0 Å². The third kappa shape index (κ3) is 5.82. The van der Waals surface area contributed by atoms with Crippen molar-refractivity contribution in [3.8, 4) is 0 Å². The second kappa shape index (κ2) is 9.24. The monoisotopic (exact) mass is 363 g/mol. The van der Waals surface area contributed by atoms with Crippen LogP contribution in [0, 0.1) is 12.7 Å². The molecule has 2 aromatic rings. The van der Waals surface area contributed by atoms with Crippen molar-refractivity contribution in [1.82, 2.24) is 10.9 Å². The van der Waals surface area contributed by atoms with Crippen molar-refractivity contribution in [2.75, 3.05) is 11.1 Å². The van der Waals surface area contributed by atoms with Crippen LogP contribution in [0.15, 0.2) is 48.5 Å². The van der Waals surface area contributed by atoms with Gasteiger partial charge in [-0.1, -0.05) is 36.4 Å². The number of carbonyl (C=O) groups is 1. The summed E-state index contributed by atoms with van der Waals surface area (Å²) in [6.07, 6.45) is 0. The second-order valence-corrected chi connectivity index (χ2v) is 6.42. The van der Waals surface area contributed by atoms with Crippen molar-refractivity contribution in [3.63, 3.8) is 0 Å². The van der Waals surface area contributed by atoms with Crippen LogP contribution in [0.3, 0.4) is 0 Å². The number of halogens is 1. The zero-order valence-electron chi connectivity index (χ0n) is 13.1. The molecule has 0 aliphatic heterocycles. The molecule has 1 amide bonds. The molecule has 0 bridgehead atoms. The first kappa shape index (κ1) is 18.2. The number of para-hydroxylation sites is 1. The molecular weight excluding hydrogens is 345 g/mol. The third-order valence-electron chi connectivity index (χ3n) is 3.19. The van der Waals surface area contributed by atoms with Crippen LogP contribution in [0.5, 0.6) is 0 Å². The lowest BCUT2D eigenvalue weighted by Crippen LogP contribution is -2.44. The molecule has 126 valence electrons. The fraction of sp³-hybridized carbons (Fsp3) is 0.176. The maximum Gasteiger partial charge on any atom is 0.248 e. The number of amides is 1. The van der Waals surface area contributed by atoms with Gasteiger partial charge in [-0.2, -0.15) is 0 Å². The van der Waals surface area contributed by atoms with Gasteiger partial charge in [-0.05, 0) is 42.4 Å². The number of hydrogen-bond acceptors (Lipinski definition) is 3. The van der Waals surface area contributed by atoms with E-state index in [1.807, 2.05) is 31.2 Å². The highest BCUT2D eigenvalue weighted by Crippen LogP contribution is 2.15. The van der Waals surface area contributed by atoms with E-state index in [-0.39, 0.29) is 16.7 Å². The van der Waals surface area contributed by atoms with Gasteiger partial charge in [0.15, 0.2) is 5.11 Å². The predicted octanol–water partition coefficient (Wildman–Crippen LogP) is 3.39. The van der Waals surface area contributed by atoms with Crippen LogP contribution in [0.1, 0.15) is 11.1 Å². The summed E-state index contributed by atoms with van der Waals surface area (Å²) in [5.41, 5.74) is 7.71. The smallest absolute Gasteiger partial charge is 0.248 e. The SMILES string of the molecule is Cc1ccccc1CSCC(=O)NNC(=S)Nc1ccccc1F. The fourth-order valence-electron chi connectivity index (χ4n) is 1.90. The molecule has 0 unspecified atom stereocenters. The molecule has 0 aliphatic carbocycles. The molecule has 2 aromatic carbocycles. The molecule has 0 aliphatic rings. The molecular formula is C17H18FN3OS2. The number of thiocarbonyl (C=S) groups is 1. The molecule has 4 nitrogen and oxygen atoms in total. The maximum absolute atomic E-state index is 13.5. The summed E-state index contributed by atoms with van der Waals surface area (Å²) in [6.45, 7) is 2.05. The minimum atomic E-state index is -0.415. The van der Waals surface area contributed by atoms with Crippen molar-refractivity contribution in [3.05, 3.63) is 65.5 Å². The molecule has 0 radical (unpaired) electrons. The van der Waals surface area contributed by atoms with E-state index in [2.05, 4.69) is 16.2 Å². The Morgan fingerprint density at radius 1 is 1.12 bits per heavy atom. The number of hydrogen-bond donors (Lipinski definition) is 3. The number of hydrazine groups is 1. The van der Waals surface area contributed by atoms with E-state index >= 15 is 0 Å². The van der Waals surface area contributed by atoms with Crippen molar-refractivity contribution in [2.45, 2.75) is 12.7 Å². The molecule has 2 rings (SSSR count). The molecule has 0 fully saturated rings. The van der Waals surface area contributed by atoms with Gasteiger partial charge in [0.1, 0.15) is 5.82 Å². The summed E-state index contributed by atoms with van der Waals surface area (Å²) in [5.74, 6) is 0.440. The Hall–Kier alpha value is -2.12. The van der Waals surface area contributed by atoms with Crippen LogP contribution in [-0.2, 0) is 10.5 Å². The molecule has 7 heteroatoms. The molecule has 0 heterocycles. The predicted molar refractivity (Wildman–Crippen MR) is 101 cm³/mol. The van der Waals surface area contributed by atoms with Gasteiger partial charge in [-0.15, -0.1) is 11.8 Å². The van der Waals surface area contributed by atoms with Gasteiger partial charge in [0.05, 0.1) is 11.4 Å². The van der Waals surface area contributed by atoms with Crippen molar-refractivity contribution in [1.29, 1.82) is 0 Å². The van der Waals surface area contributed by atoms with Crippen LogP contribution in [0.25, 0.3) is 0 Å². The highest BCUT2D eigenvalue weighted by molar-refractivity contribution is 7.99. The van der Waals surface area contributed by atoms with Gasteiger partial charge in [0.2, 0.25) is 5.91 Å². The summed E-state index contributed by atoms with van der Waals surface area (Å²) >= 11 is 6.52. The van der Waals surface area contributed by atoms with Gasteiger partial charge >= 0.3 is 0 Å². The molecule has 0 spiro atoms. The Balaban J connectivity index is 1.68. The molecule has 0 atom stereocenters. The Labute approximate surface area is 150 Å². The van der Waals surface area contributed by atoms with E-state index in [0.717, 1.165) is 5.75 Å². The van der Waals surface area contributed by atoms with Crippen LogP contribution >= 0.6 is 24.0 Å². The van der Waals surface area contributed by atoms with Gasteiger partial charge in [0, 0.05) is 5.75 Å². The average molecular weight is 363 g/mol. The van der Waals surface area contributed by atoms with Gasteiger partial charge < -0.3 is 5.32 Å². The van der Waals surface area contributed by atoms with Crippen molar-refractivity contribution >= 4 is 40.7 Å². The van der Waals surface area contributed by atoms with E-state index in [0.29, 0.717) is 5.75 Å². The van der Waals surface area contributed by atoms with Gasteiger partial charge in [-0.3, -0.25) is 15.6 Å². The third-order valence-corrected chi connectivity index (χ3v) is 4.38. The van der Waals surface area contributed by atoms with E-state index in [9.17, 15) is 9.18 Å². The number of nitrogens with one attached hydrogen (secondary N) is 3. The molecule has 0 saturated carbocycles. The highest BCUT2D eigenvalue weighted by atomic mass is 32.2. The summed E-state index contributed by atoms with van der Waals surface area (Å²) in [4.78, 5) is 11.8. The van der Waals surface area contributed by atoms with E-state index < -0.39 is 5.82 Å². The zero-order chi connectivity index (χ0) is 17.4. The first-order chi connectivity index (χ1) is 11.6. The Bertz CT molecular complexity index is 724. The minimum Gasteiger partial charge on any atom is -0.329 e. The normalized spacial score (nSPS) is 10.1.